The summed E-state index contributed by atoms with van der Waals surface area (Å²) >= 11 is 6.67. The highest BCUT2D eigenvalue weighted by Crippen LogP contribution is 2.26. The lowest BCUT2D eigenvalue weighted by molar-refractivity contribution is -0.120. The Morgan fingerprint density at radius 3 is 2.80 bits per heavy atom. The Labute approximate surface area is 101 Å². The maximum Gasteiger partial charge on any atom is 0.233 e. The molecule has 0 aromatic rings. The number of carbonyl (C=O) groups excluding carboxylic acids is 1. The predicted octanol–water partition coefficient (Wildman–Crippen LogP) is 1.31. The Balaban J connectivity index is 2.36. The molecule has 1 atom stereocenters. The monoisotopic (exact) mass is 246 g/mol. The number of rotatable bonds is 4. The molecule has 0 aromatic carbocycles. The summed E-state index contributed by atoms with van der Waals surface area (Å²) < 4.78 is 0. The van der Waals surface area contributed by atoms with E-state index < -0.39 is 0 Å². The molecule has 1 rings (SSSR count). The van der Waals surface area contributed by atoms with E-state index >= 15 is 0 Å². The molecule has 1 amide bonds. The Morgan fingerprint density at radius 2 is 2.33 bits per heavy atom. The zero-order valence-corrected chi connectivity index (χ0v) is 10.8. The van der Waals surface area contributed by atoms with Gasteiger partial charge in [-0.1, -0.05) is 26.1 Å². The second-order valence-corrected chi connectivity index (χ2v) is 6.22. The summed E-state index contributed by atoms with van der Waals surface area (Å²) in [4.78, 5) is 12.1. The van der Waals surface area contributed by atoms with Crippen LogP contribution in [-0.4, -0.2) is 28.4 Å². The van der Waals surface area contributed by atoms with Crippen molar-refractivity contribution in [1.82, 2.24) is 5.32 Å². The van der Waals surface area contributed by atoms with Gasteiger partial charge in [-0.2, -0.15) is 0 Å². The molecule has 0 radical (unpaired) electrons. The van der Waals surface area contributed by atoms with Crippen molar-refractivity contribution in [2.75, 3.05) is 12.3 Å². The highest BCUT2D eigenvalue weighted by molar-refractivity contribution is 8.00. The SMILES string of the molecule is CC(C)(CNC(=O)C1CCCS1)C(N)=S. The predicted molar refractivity (Wildman–Crippen MR) is 69.1 cm³/mol. The van der Waals surface area contributed by atoms with Crippen molar-refractivity contribution in [2.24, 2.45) is 11.1 Å². The highest BCUT2D eigenvalue weighted by atomic mass is 32.2. The molecule has 1 heterocycles. The van der Waals surface area contributed by atoms with Crippen LogP contribution in [0.25, 0.3) is 0 Å². The summed E-state index contributed by atoms with van der Waals surface area (Å²) in [6.45, 7) is 4.41. The molecule has 15 heavy (non-hydrogen) atoms. The van der Waals surface area contributed by atoms with E-state index in [9.17, 15) is 4.79 Å². The summed E-state index contributed by atoms with van der Waals surface area (Å²) in [6.07, 6.45) is 2.13. The van der Waals surface area contributed by atoms with Crippen LogP contribution in [0.15, 0.2) is 0 Å². The van der Waals surface area contributed by atoms with E-state index in [4.69, 9.17) is 18.0 Å². The Hall–Kier alpha value is -0.290. The summed E-state index contributed by atoms with van der Waals surface area (Å²) in [5.41, 5.74) is 5.29. The van der Waals surface area contributed by atoms with Crippen molar-refractivity contribution in [2.45, 2.75) is 31.9 Å². The van der Waals surface area contributed by atoms with Gasteiger partial charge in [0.1, 0.15) is 0 Å². The second kappa shape index (κ2) is 5.16. The zero-order chi connectivity index (χ0) is 11.5. The number of thiocarbonyl (C=S) groups is 1. The average Bonchev–Trinajstić information content (AvgIpc) is 2.66. The largest absolute Gasteiger partial charge is 0.393 e. The van der Waals surface area contributed by atoms with Crippen LogP contribution >= 0.6 is 24.0 Å². The molecule has 0 aliphatic carbocycles. The molecule has 3 nitrogen and oxygen atoms in total. The average molecular weight is 246 g/mol. The Kier molecular flexibility index (Phi) is 4.40. The molecular weight excluding hydrogens is 228 g/mol. The van der Waals surface area contributed by atoms with E-state index in [1.165, 1.54) is 0 Å². The fourth-order valence-electron chi connectivity index (χ4n) is 1.29. The van der Waals surface area contributed by atoms with E-state index in [0.29, 0.717) is 11.5 Å². The first-order valence-corrected chi connectivity index (χ1v) is 6.58. The van der Waals surface area contributed by atoms with Crippen LogP contribution in [0.5, 0.6) is 0 Å². The van der Waals surface area contributed by atoms with Crippen LogP contribution in [0, 0.1) is 5.41 Å². The maximum absolute atomic E-state index is 11.7. The molecule has 0 aromatic heterocycles. The summed E-state index contributed by atoms with van der Waals surface area (Å²) in [5.74, 6) is 1.22. The van der Waals surface area contributed by atoms with Crippen LogP contribution in [0.1, 0.15) is 26.7 Å². The summed E-state index contributed by atoms with van der Waals surface area (Å²) in [6, 6.07) is 0. The number of nitrogens with two attached hydrogens (primary N) is 1. The van der Waals surface area contributed by atoms with E-state index in [1.54, 1.807) is 11.8 Å². The Bertz CT molecular complexity index is 260. The molecule has 1 aliphatic rings. The zero-order valence-electron chi connectivity index (χ0n) is 9.21. The van der Waals surface area contributed by atoms with E-state index in [-0.39, 0.29) is 16.6 Å². The lowest BCUT2D eigenvalue weighted by atomic mass is 9.93. The molecule has 5 heteroatoms. The third-order valence-corrected chi connectivity index (χ3v) is 4.52. The van der Waals surface area contributed by atoms with Gasteiger partial charge in [-0.25, -0.2) is 0 Å². The van der Waals surface area contributed by atoms with E-state index in [0.717, 1.165) is 18.6 Å². The molecule has 1 aliphatic heterocycles. The third-order valence-electron chi connectivity index (χ3n) is 2.59. The summed E-state index contributed by atoms with van der Waals surface area (Å²) in [5, 5.41) is 3.05. The van der Waals surface area contributed by atoms with E-state index in [1.807, 2.05) is 13.8 Å². The van der Waals surface area contributed by atoms with Crippen molar-refractivity contribution in [1.29, 1.82) is 0 Å². The van der Waals surface area contributed by atoms with Gasteiger partial charge in [0.05, 0.1) is 10.2 Å². The number of hydrogen-bond acceptors (Lipinski definition) is 3. The molecule has 3 N–H and O–H groups in total. The first-order valence-electron chi connectivity index (χ1n) is 5.13. The fraction of sp³-hybridized carbons (Fsp3) is 0.800. The minimum atomic E-state index is -0.297. The molecule has 0 saturated carbocycles. The van der Waals surface area contributed by atoms with Crippen molar-refractivity contribution in [3.63, 3.8) is 0 Å². The van der Waals surface area contributed by atoms with Crippen LogP contribution in [-0.2, 0) is 4.79 Å². The third kappa shape index (κ3) is 3.65. The molecule has 0 bridgehead atoms. The number of hydrogen-bond donors (Lipinski definition) is 2. The van der Waals surface area contributed by atoms with Crippen molar-refractivity contribution in [3.05, 3.63) is 0 Å². The second-order valence-electron chi connectivity index (χ2n) is 4.47. The molecule has 1 saturated heterocycles. The number of amides is 1. The van der Waals surface area contributed by atoms with Gasteiger partial charge in [0, 0.05) is 12.0 Å². The normalized spacial score (nSPS) is 21.3. The smallest absolute Gasteiger partial charge is 0.233 e. The standard InChI is InChI=1S/C10H18N2OS2/c1-10(2,9(11)14)6-12-8(13)7-4-3-5-15-7/h7H,3-6H2,1-2H3,(H2,11,14)(H,12,13). The lowest BCUT2D eigenvalue weighted by Gasteiger charge is -2.24. The van der Waals surface area contributed by atoms with Crippen molar-refractivity contribution >= 4 is 34.9 Å². The Morgan fingerprint density at radius 1 is 1.67 bits per heavy atom. The van der Waals surface area contributed by atoms with Crippen LogP contribution in [0.3, 0.4) is 0 Å². The quantitative estimate of drug-likeness (QED) is 0.734. The molecule has 0 spiro atoms. The molecule has 1 unspecified atom stereocenters. The molecule has 1 fully saturated rings. The van der Waals surface area contributed by atoms with Crippen molar-refractivity contribution < 1.29 is 4.79 Å². The van der Waals surface area contributed by atoms with Crippen LogP contribution in [0.4, 0.5) is 0 Å². The van der Waals surface area contributed by atoms with Crippen LogP contribution in [0.2, 0.25) is 0 Å². The molecular formula is C10H18N2OS2. The van der Waals surface area contributed by atoms with Gasteiger partial charge in [-0.3, -0.25) is 4.79 Å². The first kappa shape index (κ1) is 12.8. The summed E-state index contributed by atoms with van der Waals surface area (Å²) in [7, 11) is 0. The molecule has 86 valence electrons. The van der Waals surface area contributed by atoms with E-state index in [2.05, 4.69) is 5.32 Å². The van der Waals surface area contributed by atoms with Gasteiger partial charge in [0.15, 0.2) is 0 Å². The van der Waals surface area contributed by atoms with Gasteiger partial charge in [0.25, 0.3) is 0 Å². The fourth-order valence-corrected chi connectivity index (χ4v) is 2.55. The highest BCUT2D eigenvalue weighted by Gasteiger charge is 2.26. The number of nitrogens with one attached hydrogen (secondary N) is 1. The minimum Gasteiger partial charge on any atom is -0.393 e. The van der Waals surface area contributed by atoms with Gasteiger partial charge in [-0.05, 0) is 18.6 Å². The van der Waals surface area contributed by atoms with Gasteiger partial charge in [-0.15, -0.1) is 11.8 Å². The first-order chi connectivity index (χ1) is 6.93. The number of thioether (sulfide) groups is 1. The van der Waals surface area contributed by atoms with Gasteiger partial charge in [0.2, 0.25) is 5.91 Å². The van der Waals surface area contributed by atoms with Crippen LogP contribution < -0.4 is 11.1 Å². The topological polar surface area (TPSA) is 55.1 Å². The lowest BCUT2D eigenvalue weighted by Crippen LogP contribution is -2.43. The van der Waals surface area contributed by atoms with Gasteiger partial charge < -0.3 is 11.1 Å². The minimum absolute atomic E-state index is 0.127. The maximum atomic E-state index is 11.7. The van der Waals surface area contributed by atoms with Gasteiger partial charge >= 0.3 is 0 Å². The number of carbonyl (C=O) groups is 1. The van der Waals surface area contributed by atoms with Crippen molar-refractivity contribution in [3.8, 4) is 0 Å².